The molecule has 0 radical (unpaired) electrons. The van der Waals surface area contributed by atoms with Gasteiger partial charge in [0.2, 0.25) is 5.78 Å². The van der Waals surface area contributed by atoms with Crippen LogP contribution in [0.1, 0.15) is 17.5 Å². The number of carbonyl (C=O) groups excluding carboxylic acids is 1. The smallest absolute Gasteiger partial charge is 0.211 e. The third-order valence-corrected chi connectivity index (χ3v) is 3.01. The number of benzene rings is 1. The maximum atomic E-state index is 11.7. The average Bonchev–Trinajstić information content (AvgIpc) is 2.78. The van der Waals surface area contributed by atoms with E-state index in [-0.39, 0.29) is 10.6 Å². The maximum Gasteiger partial charge on any atom is 0.211 e. The minimum atomic E-state index is -0.244. The fourth-order valence-corrected chi connectivity index (χ4v) is 1.79. The van der Waals surface area contributed by atoms with E-state index in [0.717, 1.165) is 5.56 Å². The number of hydrogen-bond donors (Lipinski definition) is 0. The van der Waals surface area contributed by atoms with E-state index in [1.807, 2.05) is 12.1 Å². The molecule has 2 nitrogen and oxygen atoms in total. The minimum Gasteiger partial charge on any atom is -0.453 e. The van der Waals surface area contributed by atoms with E-state index in [4.69, 9.17) is 16.0 Å². The van der Waals surface area contributed by atoms with Gasteiger partial charge in [-0.25, -0.2) is 0 Å². The van der Waals surface area contributed by atoms with Gasteiger partial charge in [-0.2, -0.15) is 0 Å². The molecule has 88 valence electrons. The molecule has 1 atom stereocenters. The van der Waals surface area contributed by atoms with Crippen LogP contribution >= 0.6 is 27.5 Å². The molecule has 0 saturated carbocycles. The number of alkyl halides is 1. The zero-order valence-corrected chi connectivity index (χ0v) is 11.5. The standard InChI is InChI=1S/C13H10BrClO2/c1-8(14)13(16)12-7-6-11(17-12)9-2-4-10(15)5-3-9/h2-8H,1H3. The van der Waals surface area contributed by atoms with Crippen molar-refractivity contribution in [2.45, 2.75) is 11.8 Å². The van der Waals surface area contributed by atoms with Crippen molar-refractivity contribution in [3.05, 3.63) is 47.2 Å². The highest BCUT2D eigenvalue weighted by molar-refractivity contribution is 9.10. The third kappa shape index (κ3) is 2.79. The van der Waals surface area contributed by atoms with Crippen LogP contribution in [0.2, 0.25) is 5.02 Å². The van der Waals surface area contributed by atoms with Crippen LogP contribution in [0.3, 0.4) is 0 Å². The molecule has 0 aliphatic carbocycles. The number of carbonyl (C=O) groups is 1. The number of ketones is 1. The molecule has 0 fully saturated rings. The molecule has 17 heavy (non-hydrogen) atoms. The van der Waals surface area contributed by atoms with Gasteiger partial charge in [0.25, 0.3) is 0 Å². The van der Waals surface area contributed by atoms with Crippen LogP contribution in [0.25, 0.3) is 11.3 Å². The van der Waals surface area contributed by atoms with E-state index in [2.05, 4.69) is 15.9 Å². The Morgan fingerprint density at radius 2 is 1.88 bits per heavy atom. The summed E-state index contributed by atoms with van der Waals surface area (Å²) in [5.74, 6) is 0.961. The van der Waals surface area contributed by atoms with Crippen LogP contribution in [-0.2, 0) is 0 Å². The summed E-state index contributed by atoms with van der Waals surface area (Å²) in [4.78, 5) is 11.4. The van der Waals surface area contributed by atoms with Crippen LogP contribution in [0.15, 0.2) is 40.8 Å². The van der Waals surface area contributed by atoms with E-state index < -0.39 is 0 Å². The monoisotopic (exact) mass is 312 g/mol. The van der Waals surface area contributed by atoms with Crippen molar-refractivity contribution in [2.75, 3.05) is 0 Å². The van der Waals surface area contributed by atoms with Crippen LogP contribution in [0, 0.1) is 0 Å². The molecule has 0 aliphatic rings. The second-order valence-corrected chi connectivity index (χ2v) is 5.46. The second kappa shape index (κ2) is 5.07. The van der Waals surface area contributed by atoms with Gasteiger partial charge in [-0.3, -0.25) is 4.79 Å². The Labute approximate surface area is 113 Å². The predicted molar refractivity (Wildman–Crippen MR) is 71.9 cm³/mol. The Morgan fingerprint density at radius 1 is 1.24 bits per heavy atom. The second-order valence-electron chi connectivity index (χ2n) is 3.65. The highest BCUT2D eigenvalue weighted by atomic mass is 79.9. The van der Waals surface area contributed by atoms with E-state index >= 15 is 0 Å². The molecule has 1 aromatic carbocycles. The number of rotatable bonds is 3. The first-order chi connectivity index (χ1) is 8.08. The van der Waals surface area contributed by atoms with Crippen LogP contribution in [-0.4, -0.2) is 10.6 Å². The van der Waals surface area contributed by atoms with Crippen molar-refractivity contribution in [3.8, 4) is 11.3 Å². The molecule has 0 aliphatic heterocycles. The molecule has 0 saturated heterocycles. The van der Waals surface area contributed by atoms with Gasteiger partial charge in [0, 0.05) is 10.6 Å². The van der Waals surface area contributed by atoms with Crippen molar-refractivity contribution in [2.24, 2.45) is 0 Å². The highest BCUT2D eigenvalue weighted by Crippen LogP contribution is 2.24. The van der Waals surface area contributed by atoms with Gasteiger partial charge in [0.05, 0.1) is 4.83 Å². The van der Waals surface area contributed by atoms with Crippen molar-refractivity contribution in [1.29, 1.82) is 0 Å². The van der Waals surface area contributed by atoms with Crippen LogP contribution < -0.4 is 0 Å². The first kappa shape index (κ1) is 12.4. The van der Waals surface area contributed by atoms with E-state index in [9.17, 15) is 4.79 Å². The van der Waals surface area contributed by atoms with E-state index in [1.54, 1.807) is 31.2 Å². The molecule has 0 amide bonds. The molecule has 1 aromatic heterocycles. The lowest BCUT2D eigenvalue weighted by Crippen LogP contribution is -2.08. The topological polar surface area (TPSA) is 30.2 Å². The van der Waals surface area contributed by atoms with Crippen molar-refractivity contribution >= 4 is 33.3 Å². The minimum absolute atomic E-state index is 0.0646. The number of Topliss-reactive ketones (excluding diaryl/α,β-unsaturated/α-hetero) is 1. The van der Waals surface area contributed by atoms with Gasteiger partial charge >= 0.3 is 0 Å². The summed E-state index contributed by atoms with van der Waals surface area (Å²) < 4.78 is 5.51. The van der Waals surface area contributed by atoms with Gasteiger partial charge in [-0.05, 0) is 43.3 Å². The first-order valence-corrected chi connectivity index (χ1v) is 6.41. The Balaban J connectivity index is 2.30. The summed E-state index contributed by atoms with van der Waals surface area (Å²) in [6, 6.07) is 10.7. The number of hydrogen-bond acceptors (Lipinski definition) is 2. The Morgan fingerprint density at radius 3 is 2.47 bits per heavy atom. The Kier molecular flexibility index (Phi) is 3.69. The zero-order chi connectivity index (χ0) is 12.4. The van der Waals surface area contributed by atoms with Crippen molar-refractivity contribution in [3.63, 3.8) is 0 Å². The lowest BCUT2D eigenvalue weighted by molar-refractivity contribution is 0.0970. The van der Waals surface area contributed by atoms with Crippen molar-refractivity contribution in [1.82, 2.24) is 0 Å². The Hall–Kier alpha value is -1.06. The molecule has 2 rings (SSSR count). The molecule has 1 heterocycles. The quantitative estimate of drug-likeness (QED) is 0.614. The van der Waals surface area contributed by atoms with Gasteiger partial charge < -0.3 is 4.42 Å². The number of furan rings is 1. The largest absolute Gasteiger partial charge is 0.453 e. The van der Waals surface area contributed by atoms with Gasteiger partial charge in [0.15, 0.2) is 5.76 Å². The summed E-state index contributed by atoms with van der Waals surface area (Å²) in [5.41, 5.74) is 0.899. The normalized spacial score (nSPS) is 12.4. The molecule has 2 aromatic rings. The van der Waals surface area contributed by atoms with Gasteiger partial charge in [0.1, 0.15) is 5.76 Å². The third-order valence-electron chi connectivity index (χ3n) is 2.34. The maximum absolute atomic E-state index is 11.7. The van der Waals surface area contributed by atoms with Crippen molar-refractivity contribution < 1.29 is 9.21 Å². The van der Waals surface area contributed by atoms with Gasteiger partial charge in [-0.1, -0.05) is 27.5 Å². The average molecular weight is 314 g/mol. The molecule has 4 heteroatoms. The van der Waals surface area contributed by atoms with E-state index in [1.165, 1.54) is 0 Å². The summed E-state index contributed by atoms with van der Waals surface area (Å²) in [7, 11) is 0. The summed E-state index contributed by atoms with van der Waals surface area (Å²) in [5, 5.41) is 0.672. The molecule has 1 unspecified atom stereocenters. The van der Waals surface area contributed by atoms with Crippen LogP contribution in [0.5, 0.6) is 0 Å². The zero-order valence-electron chi connectivity index (χ0n) is 9.11. The number of halogens is 2. The predicted octanol–water partition coefficient (Wildman–Crippen LogP) is 4.57. The van der Waals surface area contributed by atoms with E-state index in [0.29, 0.717) is 16.5 Å². The lowest BCUT2D eigenvalue weighted by Gasteiger charge is -1.99. The molecular formula is C13H10BrClO2. The molecule has 0 bridgehead atoms. The highest BCUT2D eigenvalue weighted by Gasteiger charge is 2.16. The molecule has 0 N–H and O–H groups in total. The fraction of sp³-hybridized carbons (Fsp3) is 0.154. The molecular weight excluding hydrogens is 303 g/mol. The molecule has 0 spiro atoms. The fourth-order valence-electron chi connectivity index (χ4n) is 1.44. The van der Waals surface area contributed by atoms with Gasteiger partial charge in [-0.15, -0.1) is 0 Å². The summed E-state index contributed by atoms with van der Waals surface area (Å²) in [6.45, 7) is 1.77. The first-order valence-electron chi connectivity index (χ1n) is 5.12. The Bertz CT molecular complexity index is 529. The summed E-state index contributed by atoms with van der Waals surface area (Å²) in [6.07, 6.45) is 0. The SMILES string of the molecule is CC(Br)C(=O)c1ccc(-c2ccc(Cl)cc2)o1. The lowest BCUT2D eigenvalue weighted by atomic mass is 10.2. The summed E-state index contributed by atoms with van der Waals surface area (Å²) >= 11 is 9.03. The van der Waals surface area contributed by atoms with Crippen LogP contribution in [0.4, 0.5) is 0 Å².